The Hall–Kier alpha value is -2.41. The molecule has 1 aromatic heterocycles. The van der Waals surface area contributed by atoms with Crippen LogP contribution >= 0.6 is 0 Å². The van der Waals surface area contributed by atoms with Gasteiger partial charge in [-0.1, -0.05) is 17.3 Å². The third kappa shape index (κ3) is 4.60. The van der Waals surface area contributed by atoms with Crippen molar-refractivity contribution in [2.24, 2.45) is 0 Å². The maximum atomic E-state index is 12.3. The molecule has 7 heteroatoms. The zero-order valence-corrected chi connectivity index (χ0v) is 15.3. The number of ether oxygens (including phenoxy) is 2. The maximum absolute atomic E-state index is 12.3. The average molecular weight is 359 g/mol. The van der Waals surface area contributed by atoms with Gasteiger partial charge in [0.1, 0.15) is 5.75 Å². The fourth-order valence-corrected chi connectivity index (χ4v) is 3.12. The van der Waals surface area contributed by atoms with Crippen LogP contribution in [0.3, 0.4) is 0 Å². The summed E-state index contributed by atoms with van der Waals surface area (Å²) >= 11 is 0. The third-order valence-corrected chi connectivity index (χ3v) is 4.69. The van der Waals surface area contributed by atoms with Crippen LogP contribution in [0, 0.1) is 0 Å². The van der Waals surface area contributed by atoms with Gasteiger partial charge in [-0.2, -0.15) is 4.98 Å². The standard InChI is InChI=1S/C19H25N3O4/c1-24-12-10-17-20-19(26-21-17)15-5-8-18(23)22(13-15)11-9-14-3-6-16(25-2)7-4-14/h3-4,6-7,15H,5,8-13H2,1-2H3/t15-/m0/s1. The van der Waals surface area contributed by atoms with Gasteiger partial charge in [0.2, 0.25) is 11.8 Å². The first kappa shape index (κ1) is 18.4. The maximum Gasteiger partial charge on any atom is 0.231 e. The Morgan fingerprint density at radius 2 is 2.04 bits per heavy atom. The molecule has 1 aliphatic heterocycles. The van der Waals surface area contributed by atoms with E-state index in [1.54, 1.807) is 14.2 Å². The van der Waals surface area contributed by atoms with Gasteiger partial charge in [0.15, 0.2) is 5.82 Å². The number of likely N-dealkylation sites (tertiary alicyclic amines) is 1. The van der Waals surface area contributed by atoms with E-state index < -0.39 is 0 Å². The van der Waals surface area contributed by atoms with Crippen molar-refractivity contribution in [3.63, 3.8) is 0 Å². The SMILES string of the molecule is COCCc1noc([C@H]2CCC(=O)N(CCc3ccc(OC)cc3)C2)n1. The Bertz CT molecular complexity index is 714. The van der Waals surface area contributed by atoms with Gasteiger partial charge in [-0.15, -0.1) is 0 Å². The molecule has 7 nitrogen and oxygen atoms in total. The van der Waals surface area contributed by atoms with E-state index in [-0.39, 0.29) is 11.8 Å². The number of aromatic nitrogens is 2. The Balaban J connectivity index is 1.57. The number of rotatable bonds is 8. The summed E-state index contributed by atoms with van der Waals surface area (Å²) in [6, 6.07) is 7.95. The normalized spacial score (nSPS) is 17.5. The van der Waals surface area contributed by atoms with Crippen molar-refractivity contribution in [3.05, 3.63) is 41.5 Å². The number of piperidine rings is 1. The number of carbonyl (C=O) groups is 1. The lowest BCUT2D eigenvalue weighted by atomic mass is 9.97. The summed E-state index contributed by atoms with van der Waals surface area (Å²) in [5.74, 6) is 2.41. The van der Waals surface area contributed by atoms with Crippen LogP contribution in [0.1, 0.15) is 36.0 Å². The van der Waals surface area contributed by atoms with Crippen molar-refractivity contribution < 1.29 is 18.8 Å². The summed E-state index contributed by atoms with van der Waals surface area (Å²) < 4.78 is 15.6. The summed E-state index contributed by atoms with van der Waals surface area (Å²) in [5.41, 5.74) is 1.18. The van der Waals surface area contributed by atoms with E-state index in [1.165, 1.54) is 5.56 Å². The first-order valence-electron chi connectivity index (χ1n) is 8.91. The summed E-state index contributed by atoms with van der Waals surface area (Å²) in [4.78, 5) is 18.6. The van der Waals surface area contributed by atoms with Crippen LogP contribution in [0.15, 0.2) is 28.8 Å². The molecule has 26 heavy (non-hydrogen) atoms. The van der Waals surface area contributed by atoms with Crippen molar-refractivity contribution in [3.8, 4) is 5.75 Å². The van der Waals surface area contributed by atoms with Crippen molar-refractivity contribution in [1.29, 1.82) is 0 Å². The average Bonchev–Trinajstić information content (AvgIpc) is 3.15. The Labute approximate surface area is 153 Å². The highest BCUT2D eigenvalue weighted by Gasteiger charge is 2.30. The Kier molecular flexibility index (Phi) is 6.22. The minimum atomic E-state index is 0.104. The molecule has 0 spiro atoms. The summed E-state index contributed by atoms with van der Waals surface area (Å²) in [5, 5.41) is 4.00. The van der Waals surface area contributed by atoms with Crippen LogP contribution in [0.2, 0.25) is 0 Å². The van der Waals surface area contributed by atoms with Crippen LogP contribution in [0.4, 0.5) is 0 Å². The number of carbonyl (C=O) groups excluding carboxylic acids is 1. The fourth-order valence-electron chi connectivity index (χ4n) is 3.12. The van der Waals surface area contributed by atoms with Crippen molar-refractivity contribution in [2.45, 2.75) is 31.6 Å². The fraction of sp³-hybridized carbons (Fsp3) is 0.526. The van der Waals surface area contributed by atoms with Crippen LogP contribution < -0.4 is 4.74 Å². The first-order chi connectivity index (χ1) is 12.7. The van der Waals surface area contributed by atoms with E-state index in [4.69, 9.17) is 14.0 Å². The van der Waals surface area contributed by atoms with E-state index in [2.05, 4.69) is 10.1 Å². The lowest BCUT2D eigenvalue weighted by Gasteiger charge is -2.31. The Morgan fingerprint density at radius 3 is 2.77 bits per heavy atom. The highest BCUT2D eigenvalue weighted by molar-refractivity contribution is 5.77. The molecule has 0 bridgehead atoms. The van der Waals surface area contributed by atoms with E-state index in [0.29, 0.717) is 44.3 Å². The molecule has 1 amide bonds. The molecule has 140 valence electrons. The molecule has 0 radical (unpaired) electrons. The minimum Gasteiger partial charge on any atom is -0.497 e. The lowest BCUT2D eigenvalue weighted by molar-refractivity contribution is -0.133. The van der Waals surface area contributed by atoms with Gasteiger partial charge in [0, 0.05) is 33.0 Å². The predicted molar refractivity (Wildman–Crippen MR) is 95.1 cm³/mol. The van der Waals surface area contributed by atoms with Crippen molar-refractivity contribution in [2.75, 3.05) is 33.9 Å². The molecule has 0 saturated carbocycles. The van der Waals surface area contributed by atoms with E-state index in [9.17, 15) is 4.79 Å². The van der Waals surface area contributed by atoms with Crippen LogP contribution in [-0.4, -0.2) is 54.9 Å². The van der Waals surface area contributed by atoms with E-state index in [1.807, 2.05) is 29.2 Å². The molecule has 0 aliphatic carbocycles. The molecular formula is C19H25N3O4. The van der Waals surface area contributed by atoms with Gasteiger partial charge in [-0.05, 0) is 30.5 Å². The number of benzene rings is 1. The topological polar surface area (TPSA) is 77.7 Å². The number of methoxy groups -OCH3 is 2. The predicted octanol–water partition coefficient (Wildman–Crippen LogP) is 2.22. The summed E-state index contributed by atoms with van der Waals surface area (Å²) in [7, 11) is 3.30. The second kappa shape index (κ2) is 8.80. The molecule has 1 aromatic carbocycles. The molecular weight excluding hydrogens is 334 g/mol. The highest BCUT2D eigenvalue weighted by Crippen LogP contribution is 2.26. The van der Waals surface area contributed by atoms with Gasteiger partial charge in [-0.3, -0.25) is 4.79 Å². The van der Waals surface area contributed by atoms with Gasteiger partial charge in [0.05, 0.1) is 19.6 Å². The number of hydrogen-bond donors (Lipinski definition) is 0. The first-order valence-corrected chi connectivity index (χ1v) is 8.91. The highest BCUT2D eigenvalue weighted by atomic mass is 16.5. The molecule has 0 N–H and O–H groups in total. The summed E-state index contributed by atoms with van der Waals surface area (Å²) in [6.45, 7) is 1.88. The minimum absolute atomic E-state index is 0.104. The largest absolute Gasteiger partial charge is 0.497 e. The van der Waals surface area contributed by atoms with Crippen LogP contribution in [0.25, 0.3) is 0 Å². The zero-order chi connectivity index (χ0) is 18.4. The third-order valence-electron chi connectivity index (χ3n) is 4.69. The zero-order valence-electron chi connectivity index (χ0n) is 15.3. The molecule has 1 atom stereocenters. The monoisotopic (exact) mass is 359 g/mol. The van der Waals surface area contributed by atoms with Gasteiger partial charge < -0.3 is 18.9 Å². The summed E-state index contributed by atoms with van der Waals surface area (Å²) in [6.07, 6.45) is 2.71. The molecule has 1 aliphatic rings. The van der Waals surface area contributed by atoms with Crippen molar-refractivity contribution >= 4 is 5.91 Å². The molecule has 2 heterocycles. The Morgan fingerprint density at radius 1 is 1.23 bits per heavy atom. The van der Waals surface area contributed by atoms with E-state index >= 15 is 0 Å². The second-order valence-electron chi connectivity index (χ2n) is 6.47. The van der Waals surface area contributed by atoms with Crippen molar-refractivity contribution in [1.82, 2.24) is 15.0 Å². The quantitative estimate of drug-likeness (QED) is 0.719. The lowest BCUT2D eigenvalue weighted by Crippen LogP contribution is -2.40. The van der Waals surface area contributed by atoms with Crippen LogP contribution in [-0.2, 0) is 22.4 Å². The van der Waals surface area contributed by atoms with Gasteiger partial charge in [0.25, 0.3) is 0 Å². The number of nitrogens with zero attached hydrogens (tertiary/aromatic N) is 3. The molecule has 0 unspecified atom stereocenters. The smallest absolute Gasteiger partial charge is 0.231 e. The van der Waals surface area contributed by atoms with Crippen LogP contribution in [0.5, 0.6) is 5.75 Å². The number of hydrogen-bond acceptors (Lipinski definition) is 6. The molecule has 2 aromatic rings. The van der Waals surface area contributed by atoms with Gasteiger partial charge >= 0.3 is 0 Å². The van der Waals surface area contributed by atoms with E-state index in [0.717, 1.165) is 18.6 Å². The number of amides is 1. The molecule has 1 saturated heterocycles. The second-order valence-corrected chi connectivity index (χ2v) is 6.47. The molecule has 1 fully saturated rings. The molecule has 3 rings (SSSR count). The van der Waals surface area contributed by atoms with Gasteiger partial charge in [-0.25, -0.2) is 0 Å².